The SMILES string of the molecule is CC(C)C(C)(C#N)NC(=O)CN1CCC(NC(=O)c2ccccc2)CC1. The first-order valence-corrected chi connectivity index (χ1v) is 9.14. The second-order valence-corrected chi connectivity index (χ2v) is 7.41. The van der Waals surface area contributed by atoms with Gasteiger partial charge in [-0.3, -0.25) is 14.5 Å². The molecule has 1 unspecified atom stereocenters. The summed E-state index contributed by atoms with van der Waals surface area (Å²) in [6, 6.07) is 11.5. The third-order valence-corrected chi connectivity index (χ3v) is 5.11. The smallest absolute Gasteiger partial charge is 0.251 e. The monoisotopic (exact) mass is 356 g/mol. The van der Waals surface area contributed by atoms with Gasteiger partial charge in [0.15, 0.2) is 0 Å². The van der Waals surface area contributed by atoms with E-state index < -0.39 is 5.54 Å². The first kappa shape index (κ1) is 19.9. The highest BCUT2D eigenvalue weighted by molar-refractivity contribution is 5.94. The van der Waals surface area contributed by atoms with Crippen LogP contribution in [0.4, 0.5) is 0 Å². The molecule has 1 atom stereocenters. The van der Waals surface area contributed by atoms with Crippen LogP contribution >= 0.6 is 0 Å². The molecule has 140 valence electrons. The number of carbonyl (C=O) groups excluding carboxylic acids is 2. The van der Waals surface area contributed by atoms with Crippen LogP contribution in [0.1, 0.15) is 44.0 Å². The van der Waals surface area contributed by atoms with Gasteiger partial charge in [-0.25, -0.2) is 0 Å². The van der Waals surface area contributed by atoms with Gasteiger partial charge in [0, 0.05) is 24.7 Å². The largest absolute Gasteiger partial charge is 0.349 e. The lowest BCUT2D eigenvalue weighted by Crippen LogP contribution is -2.53. The lowest BCUT2D eigenvalue weighted by Gasteiger charge is -2.33. The Labute approximate surface area is 155 Å². The van der Waals surface area contributed by atoms with Gasteiger partial charge < -0.3 is 10.6 Å². The molecule has 2 amide bonds. The lowest BCUT2D eigenvalue weighted by molar-refractivity contribution is -0.124. The minimum absolute atomic E-state index is 0.0374. The van der Waals surface area contributed by atoms with E-state index in [0.717, 1.165) is 25.9 Å². The Balaban J connectivity index is 1.77. The van der Waals surface area contributed by atoms with Crippen molar-refractivity contribution in [3.8, 4) is 6.07 Å². The number of hydrogen-bond donors (Lipinski definition) is 2. The van der Waals surface area contributed by atoms with Crippen LogP contribution in [-0.2, 0) is 4.79 Å². The van der Waals surface area contributed by atoms with Crippen LogP contribution in [0.15, 0.2) is 30.3 Å². The van der Waals surface area contributed by atoms with E-state index in [9.17, 15) is 14.9 Å². The molecule has 0 radical (unpaired) electrons. The summed E-state index contributed by atoms with van der Waals surface area (Å²) in [7, 11) is 0. The highest BCUT2D eigenvalue weighted by Crippen LogP contribution is 2.16. The van der Waals surface area contributed by atoms with Crippen LogP contribution in [0.25, 0.3) is 0 Å². The highest BCUT2D eigenvalue weighted by atomic mass is 16.2. The van der Waals surface area contributed by atoms with Gasteiger partial charge >= 0.3 is 0 Å². The molecular formula is C20H28N4O2. The van der Waals surface area contributed by atoms with Gasteiger partial charge in [-0.2, -0.15) is 5.26 Å². The van der Waals surface area contributed by atoms with Crippen molar-refractivity contribution in [3.05, 3.63) is 35.9 Å². The molecule has 6 heteroatoms. The van der Waals surface area contributed by atoms with E-state index in [1.54, 1.807) is 19.1 Å². The Hall–Kier alpha value is -2.39. The van der Waals surface area contributed by atoms with Crippen molar-refractivity contribution in [2.75, 3.05) is 19.6 Å². The average molecular weight is 356 g/mol. The normalized spacial score (nSPS) is 18.0. The van der Waals surface area contributed by atoms with Gasteiger partial charge in [0.05, 0.1) is 12.6 Å². The molecule has 1 aliphatic heterocycles. The summed E-state index contributed by atoms with van der Waals surface area (Å²) < 4.78 is 0. The first-order valence-electron chi connectivity index (χ1n) is 9.14. The number of nitrogens with zero attached hydrogens (tertiary/aromatic N) is 2. The number of carbonyl (C=O) groups is 2. The Morgan fingerprint density at radius 1 is 1.27 bits per heavy atom. The summed E-state index contributed by atoms with van der Waals surface area (Å²) >= 11 is 0. The van der Waals surface area contributed by atoms with E-state index in [-0.39, 0.29) is 30.3 Å². The molecule has 0 aromatic heterocycles. The van der Waals surface area contributed by atoms with E-state index in [0.29, 0.717) is 5.56 Å². The van der Waals surface area contributed by atoms with Crippen molar-refractivity contribution in [3.63, 3.8) is 0 Å². The Morgan fingerprint density at radius 2 is 1.88 bits per heavy atom. The number of rotatable bonds is 6. The van der Waals surface area contributed by atoms with Gasteiger partial charge in [-0.05, 0) is 37.8 Å². The third kappa shape index (κ3) is 5.30. The zero-order valence-corrected chi connectivity index (χ0v) is 15.8. The number of amides is 2. The first-order chi connectivity index (χ1) is 12.3. The topological polar surface area (TPSA) is 85.2 Å². The molecule has 26 heavy (non-hydrogen) atoms. The molecule has 1 saturated heterocycles. The van der Waals surface area contributed by atoms with Crippen LogP contribution in [0.2, 0.25) is 0 Å². The van der Waals surface area contributed by atoms with Crippen molar-refractivity contribution in [1.29, 1.82) is 5.26 Å². The molecule has 2 rings (SSSR count). The summed E-state index contributed by atoms with van der Waals surface area (Å²) in [6.07, 6.45) is 1.62. The van der Waals surface area contributed by atoms with Crippen molar-refractivity contribution in [2.45, 2.75) is 45.2 Å². The lowest BCUT2D eigenvalue weighted by atomic mass is 9.90. The predicted molar refractivity (Wildman–Crippen MR) is 100 cm³/mol. The van der Waals surface area contributed by atoms with E-state index in [1.165, 1.54) is 0 Å². The van der Waals surface area contributed by atoms with Crippen molar-refractivity contribution < 1.29 is 9.59 Å². The molecule has 1 aromatic rings. The summed E-state index contributed by atoms with van der Waals surface area (Å²) in [5.41, 5.74) is -0.183. The summed E-state index contributed by atoms with van der Waals surface area (Å²) in [6.45, 7) is 7.37. The Bertz CT molecular complexity index is 660. The maximum atomic E-state index is 12.3. The van der Waals surface area contributed by atoms with E-state index >= 15 is 0 Å². The summed E-state index contributed by atoms with van der Waals surface area (Å²) in [4.78, 5) is 26.5. The fraction of sp³-hybridized carbons (Fsp3) is 0.550. The molecule has 0 bridgehead atoms. The van der Waals surface area contributed by atoms with E-state index in [1.807, 2.05) is 32.0 Å². The molecule has 2 N–H and O–H groups in total. The average Bonchev–Trinajstić information content (AvgIpc) is 2.63. The number of benzene rings is 1. The number of piperidine rings is 1. The number of nitriles is 1. The van der Waals surface area contributed by atoms with Crippen LogP contribution < -0.4 is 10.6 Å². The zero-order chi connectivity index (χ0) is 19.2. The van der Waals surface area contributed by atoms with Gasteiger partial charge in [0.2, 0.25) is 5.91 Å². The fourth-order valence-corrected chi connectivity index (χ4v) is 2.93. The van der Waals surface area contributed by atoms with Gasteiger partial charge in [-0.1, -0.05) is 32.0 Å². The fourth-order valence-electron chi connectivity index (χ4n) is 2.93. The number of hydrogen-bond acceptors (Lipinski definition) is 4. The minimum atomic E-state index is -0.848. The molecule has 0 saturated carbocycles. The molecule has 0 spiro atoms. The Kier molecular flexibility index (Phi) is 6.76. The molecule has 1 aromatic carbocycles. The maximum absolute atomic E-state index is 12.3. The van der Waals surface area contributed by atoms with Crippen LogP contribution in [0, 0.1) is 17.2 Å². The van der Waals surface area contributed by atoms with Crippen LogP contribution in [0.3, 0.4) is 0 Å². The Morgan fingerprint density at radius 3 is 2.42 bits per heavy atom. The molecule has 1 heterocycles. The zero-order valence-electron chi connectivity index (χ0n) is 15.8. The molecular weight excluding hydrogens is 328 g/mol. The number of likely N-dealkylation sites (tertiary alicyclic amines) is 1. The second kappa shape index (κ2) is 8.81. The van der Waals surface area contributed by atoms with Crippen molar-refractivity contribution in [1.82, 2.24) is 15.5 Å². The quantitative estimate of drug-likeness (QED) is 0.816. The minimum Gasteiger partial charge on any atom is -0.349 e. The summed E-state index contributed by atoms with van der Waals surface area (Å²) in [5.74, 6) is -0.145. The van der Waals surface area contributed by atoms with Crippen LogP contribution in [0.5, 0.6) is 0 Å². The second-order valence-electron chi connectivity index (χ2n) is 7.41. The summed E-state index contributed by atoms with van der Waals surface area (Å²) in [5, 5.41) is 15.2. The predicted octanol–water partition coefficient (Wildman–Crippen LogP) is 1.94. The van der Waals surface area contributed by atoms with E-state index in [2.05, 4.69) is 21.6 Å². The maximum Gasteiger partial charge on any atom is 0.251 e. The molecule has 1 aliphatic rings. The standard InChI is InChI=1S/C20H28N4O2/c1-15(2)20(3,14-21)23-18(25)13-24-11-9-17(10-12-24)22-19(26)16-7-5-4-6-8-16/h4-8,15,17H,9-13H2,1-3H3,(H,22,26)(H,23,25). The van der Waals surface area contributed by atoms with Crippen molar-refractivity contribution in [2.24, 2.45) is 5.92 Å². The molecule has 6 nitrogen and oxygen atoms in total. The van der Waals surface area contributed by atoms with Gasteiger partial charge in [-0.15, -0.1) is 0 Å². The number of nitrogens with one attached hydrogen (secondary N) is 2. The van der Waals surface area contributed by atoms with Gasteiger partial charge in [0.25, 0.3) is 5.91 Å². The highest BCUT2D eigenvalue weighted by Gasteiger charge is 2.31. The van der Waals surface area contributed by atoms with Crippen LogP contribution in [-0.4, -0.2) is 47.9 Å². The third-order valence-electron chi connectivity index (χ3n) is 5.11. The van der Waals surface area contributed by atoms with Crippen molar-refractivity contribution >= 4 is 11.8 Å². The molecule has 1 fully saturated rings. The van der Waals surface area contributed by atoms with Gasteiger partial charge in [0.1, 0.15) is 5.54 Å². The van der Waals surface area contributed by atoms with E-state index in [4.69, 9.17) is 0 Å². The molecule has 0 aliphatic carbocycles.